The molecule has 2 nitrogen and oxygen atoms in total. The zero-order valence-electron chi connectivity index (χ0n) is 12.6. The van der Waals surface area contributed by atoms with Crippen molar-refractivity contribution in [3.8, 4) is 0 Å². The van der Waals surface area contributed by atoms with Crippen LogP contribution < -0.4 is 5.32 Å². The maximum atomic E-state index is 5.21. The van der Waals surface area contributed by atoms with Crippen molar-refractivity contribution in [3.05, 3.63) is 65.2 Å². The minimum absolute atomic E-state index is 0.531. The molecule has 2 aromatic rings. The van der Waals surface area contributed by atoms with Gasteiger partial charge in [0.05, 0.1) is 6.61 Å². The molecule has 0 bridgehead atoms. The number of fused-ring (bicyclic) bond motifs is 1. The maximum Gasteiger partial charge on any atom is 0.0503 e. The van der Waals surface area contributed by atoms with E-state index in [1.807, 2.05) is 0 Å². The van der Waals surface area contributed by atoms with E-state index in [2.05, 4.69) is 53.8 Å². The minimum Gasteiger partial charge on any atom is -0.384 e. The van der Waals surface area contributed by atoms with Crippen molar-refractivity contribution >= 4 is 5.69 Å². The molecule has 1 N–H and O–H groups in total. The Bertz CT molecular complexity index is 594. The van der Waals surface area contributed by atoms with Gasteiger partial charge in [-0.25, -0.2) is 0 Å². The van der Waals surface area contributed by atoms with Crippen molar-refractivity contribution < 1.29 is 4.74 Å². The summed E-state index contributed by atoms with van der Waals surface area (Å²) in [5.41, 5.74) is 5.62. The van der Waals surface area contributed by atoms with Gasteiger partial charge in [0.1, 0.15) is 0 Å². The van der Waals surface area contributed by atoms with E-state index >= 15 is 0 Å². The third-order valence-electron chi connectivity index (χ3n) is 4.30. The van der Waals surface area contributed by atoms with Crippen LogP contribution in [0.2, 0.25) is 0 Å². The van der Waals surface area contributed by atoms with Gasteiger partial charge in [0.2, 0.25) is 0 Å². The Hall–Kier alpha value is -1.80. The summed E-state index contributed by atoms with van der Waals surface area (Å²) < 4.78 is 5.21. The summed E-state index contributed by atoms with van der Waals surface area (Å²) in [7, 11) is 1.76. The molecule has 1 aliphatic rings. The lowest BCUT2D eigenvalue weighted by atomic mass is 9.88. The SMILES string of the molecule is COCCc1ccccc1NC1CCc2ccccc2C1. The number of rotatable bonds is 5. The van der Waals surface area contributed by atoms with Crippen LogP contribution in [0, 0.1) is 0 Å². The largest absolute Gasteiger partial charge is 0.384 e. The molecular formula is C19H23NO. The summed E-state index contributed by atoms with van der Waals surface area (Å²) in [5, 5.41) is 3.74. The molecule has 2 aromatic carbocycles. The molecule has 0 spiro atoms. The van der Waals surface area contributed by atoms with Crippen LogP contribution in [0.5, 0.6) is 0 Å². The first kappa shape index (κ1) is 14.2. The minimum atomic E-state index is 0.531. The number of aryl methyl sites for hydroxylation is 1. The molecule has 0 heterocycles. The van der Waals surface area contributed by atoms with Gasteiger partial charge in [-0.2, -0.15) is 0 Å². The third kappa shape index (κ3) is 3.45. The molecule has 110 valence electrons. The van der Waals surface area contributed by atoms with Crippen molar-refractivity contribution in [2.75, 3.05) is 19.0 Å². The number of ether oxygens (including phenoxy) is 1. The Morgan fingerprint density at radius 1 is 1.05 bits per heavy atom. The monoisotopic (exact) mass is 281 g/mol. The smallest absolute Gasteiger partial charge is 0.0503 e. The van der Waals surface area contributed by atoms with Crippen LogP contribution in [0.1, 0.15) is 23.1 Å². The van der Waals surface area contributed by atoms with E-state index < -0.39 is 0 Å². The molecule has 1 unspecified atom stereocenters. The zero-order chi connectivity index (χ0) is 14.5. The maximum absolute atomic E-state index is 5.21. The quantitative estimate of drug-likeness (QED) is 0.899. The first-order chi connectivity index (χ1) is 10.4. The molecule has 0 aliphatic heterocycles. The summed E-state index contributed by atoms with van der Waals surface area (Å²) in [6.07, 6.45) is 4.46. The second kappa shape index (κ2) is 6.77. The molecule has 1 aliphatic carbocycles. The van der Waals surface area contributed by atoms with Crippen LogP contribution >= 0.6 is 0 Å². The summed E-state index contributed by atoms with van der Waals surface area (Å²) in [4.78, 5) is 0. The highest BCUT2D eigenvalue weighted by molar-refractivity contribution is 5.52. The summed E-state index contributed by atoms with van der Waals surface area (Å²) in [6, 6.07) is 17.9. The van der Waals surface area contributed by atoms with E-state index in [0.717, 1.165) is 19.4 Å². The van der Waals surface area contributed by atoms with Gasteiger partial charge in [-0.05, 0) is 48.4 Å². The van der Waals surface area contributed by atoms with E-state index in [9.17, 15) is 0 Å². The first-order valence-electron chi connectivity index (χ1n) is 7.77. The van der Waals surface area contributed by atoms with E-state index in [-0.39, 0.29) is 0 Å². The number of benzene rings is 2. The van der Waals surface area contributed by atoms with E-state index in [1.165, 1.54) is 35.2 Å². The molecule has 0 amide bonds. The van der Waals surface area contributed by atoms with Crippen LogP contribution in [0.3, 0.4) is 0 Å². The highest BCUT2D eigenvalue weighted by Gasteiger charge is 2.18. The second-order valence-electron chi connectivity index (χ2n) is 5.75. The Balaban J connectivity index is 1.70. The highest BCUT2D eigenvalue weighted by atomic mass is 16.5. The molecule has 3 rings (SSSR count). The van der Waals surface area contributed by atoms with E-state index in [0.29, 0.717) is 6.04 Å². The fraction of sp³-hybridized carbons (Fsp3) is 0.368. The highest BCUT2D eigenvalue weighted by Crippen LogP contribution is 2.25. The second-order valence-corrected chi connectivity index (χ2v) is 5.75. The molecule has 0 fully saturated rings. The fourth-order valence-corrected chi connectivity index (χ4v) is 3.13. The molecule has 1 atom stereocenters. The Morgan fingerprint density at radius 3 is 2.67 bits per heavy atom. The lowest BCUT2D eigenvalue weighted by Gasteiger charge is -2.27. The lowest BCUT2D eigenvalue weighted by molar-refractivity contribution is 0.202. The van der Waals surface area contributed by atoms with Gasteiger partial charge in [-0.1, -0.05) is 42.5 Å². The molecule has 0 saturated heterocycles. The van der Waals surface area contributed by atoms with Crippen LogP contribution in [-0.2, 0) is 24.0 Å². The van der Waals surface area contributed by atoms with Gasteiger partial charge in [-0.3, -0.25) is 0 Å². The number of methoxy groups -OCH3 is 1. The van der Waals surface area contributed by atoms with Crippen molar-refractivity contribution in [3.63, 3.8) is 0 Å². The molecule has 0 radical (unpaired) electrons. The van der Waals surface area contributed by atoms with E-state index in [4.69, 9.17) is 4.74 Å². The van der Waals surface area contributed by atoms with Crippen molar-refractivity contribution in [2.24, 2.45) is 0 Å². The summed E-state index contributed by atoms with van der Waals surface area (Å²) in [6.45, 7) is 0.770. The van der Waals surface area contributed by atoms with Gasteiger partial charge in [0.15, 0.2) is 0 Å². The normalized spacial score (nSPS) is 17.3. The zero-order valence-corrected chi connectivity index (χ0v) is 12.6. The van der Waals surface area contributed by atoms with Crippen molar-refractivity contribution in [2.45, 2.75) is 31.7 Å². The van der Waals surface area contributed by atoms with Crippen LogP contribution in [0.25, 0.3) is 0 Å². The number of anilines is 1. The van der Waals surface area contributed by atoms with Crippen LogP contribution in [0.4, 0.5) is 5.69 Å². The van der Waals surface area contributed by atoms with Crippen molar-refractivity contribution in [1.29, 1.82) is 0 Å². The summed E-state index contributed by atoms with van der Waals surface area (Å²) >= 11 is 0. The van der Waals surface area contributed by atoms with Gasteiger partial charge < -0.3 is 10.1 Å². The predicted octanol–water partition coefficient (Wildman–Crippen LogP) is 3.84. The van der Waals surface area contributed by atoms with Crippen LogP contribution in [0.15, 0.2) is 48.5 Å². The number of hydrogen-bond acceptors (Lipinski definition) is 2. The molecule has 0 saturated carbocycles. The number of hydrogen-bond donors (Lipinski definition) is 1. The predicted molar refractivity (Wildman–Crippen MR) is 87.9 cm³/mol. The first-order valence-corrected chi connectivity index (χ1v) is 7.77. The molecule has 21 heavy (non-hydrogen) atoms. The van der Waals surface area contributed by atoms with Gasteiger partial charge in [0, 0.05) is 18.8 Å². The number of nitrogens with one attached hydrogen (secondary N) is 1. The Kier molecular flexibility index (Phi) is 4.56. The lowest BCUT2D eigenvalue weighted by Crippen LogP contribution is -2.27. The number of para-hydroxylation sites is 1. The van der Waals surface area contributed by atoms with E-state index in [1.54, 1.807) is 7.11 Å². The van der Waals surface area contributed by atoms with Crippen molar-refractivity contribution in [1.82, 2.24) is 0 Å². The average molecular weight is 281 g/mol. The van der Waals surface area contributed by atoms with Gasteiger partial charge >= 0.3 is 0 Å². The molecule has 2 heteroatoms. The third-order valence-corrected chi connectivity index (χ3v) is 4.30. The average Bonchev–Trinajstić information content (AvgIpc) is 2.54. The molecule has 0 aromatic heterocycles. The topological polar surface area (TPSA) is 21.3 Å². The van der Waals surface area contributed by atoms with Gasteiger partial charge in [0.25, 0.3) is 0 Å². The standard InChI is InChI=1S/C19H23NO/c1-21-13-12-16-7-4-5-9-19(16)20-18-11-10-15-6-2-3-8-17(15)14-18/h2-9,18,20H,10-14H2,1H3. The fourth-order valence-electron chi connectivity index (χ4n) is 3.13. The summed E-state index contributed by atoms with van der Waals surface area (Å²) in [5.74, 6) is 0. The Morgan fingerprint density at radius 2 is 1.81 bits per heavy atom. The van der Waals surface area contributed by atoms with Crippen LogP contribution in [-0.4, -0.2) is 19.8 Å². The Labute approximate surface area is 127 Å². The van der Waals surface area contributed by atoms with Gasteiger partial charge in [-0.15, -0.1) is 0 Å². The molecular weight excluding hydrogens is 258 g/mol.